The molecule has 0 bridgehead atoms. The number of hydrogen-bond acceptors (Lipinski definition) is 4. The predicted octanol–water partition coefficient (Wildman–Crippen LogP) is 4.02. The zero-order valence-electron chi connectivity index (χ0n) is 16.6. The number of carbonyl (C=O) groups excluding carboxylic acids is 1. The lowest BCUT2D eigenvalue weighted by atomic mass is 10.0. The van der Waals surface area contributed by atoms with Crippen LogP contribution in [0.3, 0.4) is 0 Å². The molecule has 156 valence electrons. The molecule has 2 heterocycles. The molecule has 6 nitrogen and oxygen atoms in total. The van der Waals surface area contributed by atoms with Gasteiger partial charge in [0.1, 0.15) is 17.3 Å². The molecule has 1 amide bonds. The van der Waals surface area contributed by atoms with Crippen molar-refractivity contribution in [3.05, 3.63) is 65.4 Å². The summed E-state index contributed by atoms with van der Waals surface area (Å²) in [6.45, 7) is 2.72. The fraction of sp³-hybridized carbons (Fsp3) is 0.273. The number of ether oxygens (including phenoxy) is 2. The van der Waals surface area contributed by atoms with E-state index in [-0.39, 0.29) is 5.56 Å². The van der Waals surface area contributed by atoms with Crippen molar-refractivity contribution in [2.45, 2.75) is 19.4 Å². The maximum absolute atomic E-state index is 14.1. The molecule has 0 radical (unpaired) electrons. The van der Waals surface area contributed by atoms with Crippen LogP contribution >= 0.6 is 0 Å². The number of halogens is 2. The minimum absolute atomic E-state index is 0.0735. The smallest absolute Gasteiger partial charge is 0.255 e. The molecule has 1 unspecified atom stereocenters. The Morgan fingerprint density at radius 1 is 1.13 bits per heavy atom. The van der Waals surface area contributed by atoms with Gasteiger partial charge in [0.05, 0.1) is 24.8 Å². The first kappa shape index (κ1) is 19.9. The van der Waals surface area contributed by atoms with Crippen molar-refractivity contribution in [1.82, 2.24) is 15.1 Å². The van der Waals surface area contributed by atoms with E-state index in [1.54, 1.807) is 32.3 Å². The second-order valence-corrected chi connectivity index (χ2v) is 7.14. The summed E-state index contributed by atoms with van der Waals surface area (Å²) < 4.78 is 40.5. The van der Waals surface area contributed by atoms with Gasteiger partial charge in [0.25, 0.3) is 5.91 Å². The Balaban J connectivity index is 1.62. The Morgan fingerprint density at radius 3 is 2.70 bits per heavy atom. The first-order chi connectivity index (χ1) is 14.4. The molecule has 8 heteroatoms. The van der Waals surface area contributed by atoms with Gasteiger partial charge in [0.15, 0.2) is 11.5 Å². The average Bonchev–Trinajstić information content (AvgIpc) is 2.96. The number of nitrogens with zero attached hydrogens (tertiary/aromatic N) is 2. The largest absolute Gasteiger partial charge is 0.490 e. The van der Waals surface area contributed by atoms with E-state index >= 15 is 0 Å². The summed E-state index contributed by atoms with van der Waals surface area (Å²) in [5.74, 6) is -0.354. The quantitative estimate of drug-likeness (QED) is 0.702. The molecular weight excluding hydrogens is 392 g/mol. The minimum atomic E-state index is -0.731. The summed E-state index contributed by atoms with van der Waals surface area (Å²) in [6.07, 6.45) is 2.37. The van der Waals surface area contributed by atoms with Crippen molar-refractivity contribution in [2.24, 2.45) is 7.05 Å². The van der Waals surface area contributed by atoms with Gasteiger partial charge in [0.2, 0.25) is 0 Å². The van der Waals surface area contributed by atoms with E-state index in [1.807, 2.05) is 6.07 Å². The Morgan fingerprint density at radius 2 is 1.90 bits per heavy atom. The van der Waals surface area contributed by atoms with Gasteiger partial charge in [-0.1, -0.05) is 0 Å². The van der Waals surface area contributed by atoms with Crippen LogP contribution in [0.5, 0.6) is 11.5 Å². The summed E-state index contributed by atoms with van der Waals surface area (Å²) in [6, 6.07) is 7.81. The highest BCUT2D eigenvalue weighted by molar-refractivity contribution is 6.00. The fourth-order valence-corrected chi connectivity index (χ4v) is 3.38. The molecule has 1 aliphatic rings. The maximum atomic E-state index is 14.1. The molecule has 4 rings (SSSR count). The van der Waals surface area contributed by atoms with E-state index in [1.165, 1.54) is 4.68 Å². The molecule has 0 saturated heterocycles. The Hall–Kier alpha value is -3.42. The number of benzene rings is 2. The second kappa shape index (κ2) is 8.14. The monoisotopic (exact) mass is 413 g/mol. The van der Waals surface area contributed by atoms with Crippen molar-refractivity contribution in [3.8, 4) is 22.8 Å². The number of rotatable bonds is 4. The topological polar surface area (TPSA) is 65.4 Å². The second-order valence-electron chi connectivity index (χ2n) is 7.14. The molecule has 0 fully saturated rings. The highest BCUT2D eigenvalue weighted by Crippen LogP contribution is 2.35. The highest BCUT2D eigenvalue weighted by Gasteiger charge is 2.22. The first-order valence-corrected chi connectivity index (χ1v) is 9.62. The Bertz CT molecular complexity index is 1100. The van der Waals surface area contributed by atoms with Gasteiger partial charge in [0, 0.05) is 30.8 Å². The first-order valence-electron chi connectivity index (χ1n) is 9.62. The molecule has 30 heavy (non-hydrogen) atoms. The van der Waals surface area contributed by atoms with E-state index in [4.69, 9.17) is 9.47 Å². The normalized spacial score (nSPS) is 14.1. The van der Waals surface area contributed by atoms with Gasteiger partial charge < -0.3 is 14.8 Å². The molecule has 0 saturated carbocycles. The van der Waals surface area contributed by atoms with Crippen LogP contribution in [0.2, 0.25) is 0 Å². The van der Waals surface area contributed by atoms with E-state index in [9.17, 15) is 13.6 Å². The highest BCUT2D eigenvalue weighted by atomic mass is 19.1. The third-order valence-corrected chi connectivity index (χ3v) is 4.87. The van der Waals surface area contributed by atoms with Crippen LogP contribution in [-0.4, -0.2) is 28.9 Å². The van der Waals surface area contributed by atoms with Gasteiger partial charge in [-0.05, 0) is 43.3 Å². The number of nitrogens with one attached hydrogen (secondary N) is 1. The lowest BCUT2D eigenvalue weighted by Crippen LogP contribution is -2.27. The average molecular weight is 413 g/mol. The standard InChI is InChI=1S/C22H21F2N3O3/c1-13(16-11-15(23)5-6-18(16)24)25-22(28)17-12-27(2)26-21(17)14-4-7-19-20(10-14)30-9-3-8-29-19/h4-7,10-13H,3,8-9H2,1-2H3,(H,25,28). The zero-order chi connectivity index (χ0) is 21.3. The lowest BCUT2D eigenvalue weighted by Gasteiger charge is -2.15. The molecule has 0 aliphatic carbocycles. The predicted molar refractivity (Wildman–Crippen MR) is 106 cm³/mol. The summed E-state index contributed by atoms with van der Waals surface area (Å²) in [5, 5.41) is 7.13. The molecule has 3 aromatic rings. The third-order valence-electron chi connectivity index (χ3n) is 4.87. The van der Waals surface area contributed by atoms with Crippen LogP contribution in [0.15, 0.2) is 42.6 Å². The molecule has 1 aliphatic heterocycles. The van der Waals surface area contributed by atoms with Crippen molar-refractivity contribution in [3.63, 3.8) is 0 Å². The van der Waals surface area contributed by atoms with Crippen LogP contribution in [0.1, 0.15) is 35.3 Å². The SMILES string of the molecule is CC(NC(=O)c1cn(C)nc1-c1ccc2c(c1)OCCCO2)c1cc(F)ccc1F. The number of aromatic nitrogens is 2. The van der Waals surface area contributed by atoms with Crippen LogP contribution in [0.4, 0.5) is 8.78 Å². The van der Waals surface area contributed by atoms with E-state index in [2.05, 4.69) is 10.4 Å². The van der Waals surface area contributed by atoms with Crippen LogP contribution in [0, 0.1) is 11.6 Å². The van der Waals surface area contributed by atoms with Crippen molar-refractivity contribution in [1.29, 1.82) is 0 Å². The van der Waals surface area contributed by atoms with Crippen molar-refractivity contribution >= 4 is 5.91 Å². The Kier molecular flexibility index (Phi) is 5.39. The number of carbonyl (C=O) groups is 1. The van der Waals surface area contributed by atoms with Gasteiger partial charge in [-0.2, -0.15) is 5.10 Å². The third kappa shape index (κ3) is 3.98. The van der Waals surface area contributed by atoms with Crippen LogP contribution < -0.4 is 14.8 Å². The fourth-order valence-electron chi connectivity index (χ4n) is 3.38. The molecule has 0 spiro atoms. The van der Waals surface area contributed by atoms with Gasteiger partial charge in [-0.3, -0.25) is 9.48 Å². The van der Waals surface area contributed by atoms with Crippen molar-refractivity contribution < 1.29 is 23.0 Å². The molecular formula is C22H21F2N3O3. The van der Waals surface area contributed by atoms with Gasteiger partial charge >= 0.3 is 0 Å². The number of aryl methyl sites for hydroxylation is 1. The van der Waals surface area contributed by atoms with E-state index in [0.29, 0.717) is 41.5 Å². The van der Waals surface area contributed by atoms with E-state index in [0.717, 1.165) is 24.6 Å². The molecule has 2 aromatic carbocycles. The number of fused-ring (bicyclic) bond motifs is 1. The van der Waals surface area contributed by atoms with Gasteiger partial charge in [-0.25, -0.2) is 8.78 Å². The summed E-state index contributed by atoms with van der Waals surface area (Å²) in [7, 11) is 1.71. The van der Waals surface area contributed by atoms with Gasteiger partial charge in [-0.15, -0.1) is 0 Å². The summed E-state index contributed by atoms with van der Waals surface area (Å²) in [4.78, 5) is 12.9. The van der Waals surface area contributed by atoms with Crippen molar-refractivity contribution in [2.75, 3.05) is 13.2 Å². The number of amides is 1. The lowest BCUT2D eigenvalue weighted by molar-refractivity contribution is 0.0940. The summed E-state index contributed by atoms with van der Waals surface area (Å²) >= 11 is 0. The Labute approximate surface area is 172 Å². The molecule has 1 N–H and O–H groups in total. The molecule has 1 atom stereocenters. The van der Waals surface area contributed by atoms with E-state index < -0.39 is 23.6 Å². The summed E-state index contributed by atoms with van der Waals surface area (Å²) in [5.41, 5.74) is 1.53. The maximum Gasteiger partial charge on any atom is 0.255 e. The molecule has 1 aromatic heterocycles. The zero-order valence-corrected chi connectivity index (χ0v) is 16.6. The van der Waals surface area contributed by atoms with Crippen LogP contribution in [0.25, 0.3) is 11.3 Å². The minimum Gasteiger partial charge on any atom is -0.490 e. The van der Waals surface area contributed by atoms with Crippen LogP contribution in [-0.2, 0) is 7.05 Å². The number of hydrogen-bond donors (Lipinski definition) is 1.